The monoisotopic (exact) mass is 463 g/mol. The first-order valence-corrected chi connectivity index (χ1v) is 11.4. The maximum absolute atomic E-state index is 13.5. The van der Waals surface area contributed by atoms with Gasteiger partial charge in [0.05, 0.1) is 6.04 Å². The van der Waals surface area contributed by atoms with Crippen LogP contribution in [-0.4, -0.2) is 22.5 Å². The number of rotatable bonds is 2. The maximum atomic E-state index is 13.5. The molecule has 0 saturated heterocycles. The molecule has 2 amide bonds. The van der Waals surface area contributed by atoms with Crippen molar-refractivity contribution >= 4 is 45.8 Å². The fraction of sp³-hybridized carbons (Fsp3) is 0.192. The minimum Gasteiger partial charge on any atom is -0.356 e. The van der Waals surface area contributed by atoms with E-state index in [2.05, 4.69) is 41.5 Å². The van der Waals surface area contributed by atoms with E-state index < -0.39 is 0 Å². The van der Waals surface area contributed by atoms with Gasteiger partial charge in [0, 0.05) is 38.9 Å². The number of carbonyl (C=O) groups excluding carboxylic acids is 1. The Kier molecular flexibility index (Phi) is 5.36. The average molecular weight is 464 g/mol. The van der Waals surface area contributed by atoms with Gasteiger partial charge in [-0.1, -0.05) is 59.1 Å². The number of aromatic amines is 1. The van der Waals surface area contributed by atoms with Crippen LogP contribution in [0.1, 0.15) is 34.0 Å². The Hall–Kier alpha value is -2.95. The number of nitrogens with zero attached hydrogens (tertiary/aromatic N) is 1. The Balaban J connectivity index is 1.59. The van der Waals surface area contributed by atoms with Gasteiger partial charge in [-0.05, 0) is 67.3 Å². The highest BCUT2D eigenvalue weighted by Gasteiger charge is 2.34. The van der Waals surface area contributed by atoms with Crippen LogP contribution in [-0.2, 0) is 6.42 Å². The summed E-state index contributed by atoms with van der Waals surface area (Å²) in [6, 6.07) is 19.4. The number of nitrogens with one attached hydrogen (secondary N) is 2. The van der Waals surface area contributed by atoms with Crippen LogP contribution in [0.15, 0.2) is 60.7 Å². The number of halogens is 2. The van der Waals surface area contributed by atoms with E-state index in [-0.39, 0.29) is 12.1 Å². The minimum atomic E-state index is -0.231. The summed E-state index contributed by atoms with van der Waals surface area (Å²) in [4.78, 5) is 19.0. The summed E-state index contributed by atoms with van der Waals surface area (Å²) in [6.07, 6.45) is 0.750. The number of aromatic nitrogens is 1. The third-order valence-electron chi connectivity index (χ3n) is 6.25. The van der Waals surface area contributed by atoms with Crippen molar-refractivity contribution in [3.05, 3.63) is 98.7 Å². The quantitative estimate of drug-likeness (QED) is 0.322. The van der Waals surface area contributed by atoms with Gasteiger partial charge in [0.15, 0.2) is 0 Å². The van der Waals surface area contributed by atoms with Crippen molar-refractivity contribution in [2.45, 2.75) is 26.3 Å². The van der Waals surface area contributed by atoms with Crippen molar-refractivity contribution in [2.75, 3.05) is 11.9 Å². The molecule has 0 saturated carbocycles. The van der Waals surface area contributed by atoms with Crippen molar-refractivity contribution in [2.24, 2.45) is 0 Å². The number of benzene rings is 3. The van der Waals surface area contributed by atoms with Crippen LogP contribution in [0.3, 0.4) is 0 Å². The van der Waals surface area contributed by atoms with Gasteiger partial charge in [0.1, 0.15) is 0 Å². The number of hydrogen-bond acceptors (Lipinski definition) is 1. The molecule has 0 radical (unpaired) electrons. The molecule has 2 heterocycles. The van der Waals surface area contributed by atoms with Crippen molar-refractivity contribution in [3.8, 4) is 0 Å². The molecule has 5 rings (SSSR count). The lowest BCUT2D eigenvalue weighted by Crippen LogP contribution is -2.43. The molecular formula is C26H23Cl2N3O. The summed E-state index contributed by atoms with van der Waals surface area (Å²) >= 11 is 12.6. The minimum absolute atomic E-state index is 0.150. The molecule has 0 fully saturated rings. The zero-order valence-corrected chi connectivity index (χ0v) is 19.4. The molecule has 1 aliphatic rings. The van der Waals surface area contributed by atoms with Crippen molar-refractivity contribution < 1.29 is 4.79 Å². The van der Waals surface area contributed by atoms with E-state index in [0.717, 1.165) is 39.8 Å². The molecule has 0 aliphatic carbocycles. The summed E-state index contributed by atoms with van der Waals surface area (Å²) in [7, 11) is 0. The van der Waals surface area contributed by atoms with E-state index >= 15 is 0 Å². The maximum Gasteiger partial charge on any atom is 0.322 e. The standard InChI is InChI=1S/C26H23Cl2N3O/c1-15-6-8-17(9-7-15)25-24-19(20-14-18(27)10-11-23(20)29-24)12-13-31(25)26(32)30-22-5-3-4-21(28)16(22)2/h3-11,14,25,29H,12-13H2,1-2H3,(H,30,32). The van der Waals surface area contributed by atoms with Crippen LogP contribution in [0.2, 0.25) is 10.0 Å². The number of urea groups is 1. The molecule has 1 aliphatic heterocycles. The Bertz CT molecular complexity index is 1330. The molecule has 6 heteroatoms. The van der Waals surface area contributed by atoms with Crippen molar-refractivity contribution in [3.63, 3.8) is 0 Å². The summed E-state index contributed by atoms with van der Waals surface area (Å²) in [5, 5.41) is 5.54. The number of H-pyrrole nitrogens is 1. The summed E-state index contributed by atoms with van der Waals surface area (Å²) in [6.45, 7) is 4.56. The van der Waals surface area contributed by atoms with Crippen molar-refractivity contribution in [1.29, 1.82) is 0 Å². The van der Waals surface area contributed by atoms with Crippen LogP contribution < -0.4 is 5.32 Å². The zero-order valence-electron chi connectivity index (χ0n) is 17.9. The van der Waals surface area contributed by atoms with Gasteiger partial charge in [0.2, 0.25) is 0 Å². The Morgan fingerprint density at radius 2 is 1.84 bits per heavy atom. The number of carbonyl (C=O) groups is 1. The third-order valence-corrected chi connectivity index (χ3v) is 6.90. The highest BCUT2D eigenvalue weighted by atomic mass is 35.5. The third kappa shape index (κ3) is 3.64. The Labute approximate surface area is 197 Å². The van der Waals surface area contributed by atoms with Gasteiger partial charge >= 0.3 is 6.03 Å². The van der Waals surface area contributed by atoms with Crippen LogP contribution in [0.4, 0.5) is 10.5 Å². The van der Waals surface area contributed by atoms with Gasteiger partial charge < -0.3 is 15.2 Å². The molecular weight excluding hydrogens is 441 g/mol. The first-order valence-electron chi connectivity index (χ1n) is 10.6. The largest absolute Gasteiger partial charge is 0.356 e. The highest BCUT2D eigenvalue weighted by molar-refractivity contribution is 6.32. The van der Waals surface area contributed by atoms with Crippen LogP contribution in [0, 0.1) is 13.8 Å². The van der Waals surface area contributed by atoms with E-state index in [9.17, 15) is 4.79 Å². The lowest BCUT2D eigenvalue weighted by molar-refractivity contribution is 0.193. The van der Waals surface area contributed by atoms with Gasteiger partial charge in [-0.15, -0.1) is 0 Å². The van der Waals surface area contributed by atoms with Gasteiger partial charge in [0.25, 0.3) is 0 Å². The smallest absolute Gasteiger partial charge is 0.322 e. The predicted octanol–water partition coefficient (Wildman–Crippen LogP) is 7.27. The normalized spacial score (nSPS) is 15.6. The average Bonchev–Trinajstić information content (AvgIpc) is 3.15. The molecule has 0 bridgehead atoms. The van der Waals surface area contributed by atoms with Crippen molar-refractivity contribution in [1.82, 2.24) is 9.88 Å². The molecule has 4 aromatic rings. The molecule has 2 N–H and O–H groups in total. The molecule has 0 spiro atoms. The number of aryl methyl sites for hydroxylation is 1. The Morgan fingerprint density at radius 3 is 2.62 bits per heavy atom. The van der Waals surface area contributed by atoms with E-state index in [1.165, 1.54) is 11.1 Å². The molecule has 32 heavy (non-hydrogen) atoms. The van der Waals surface area contributed by atoms with Crippen LogP contribution in [0.5, 0.6) is 0 Å². The second-order valence-electron chi connectivity index (χ2n) is 8.31. The Morgan fingerprint density at radius 1 is 1.06 bits per heavy atom. The number of anilines is 1. The summed E-state index contributed by atoms with van der Waals surface area (Å²) < 4.78 is 0. The molecule has 1 atom stereocenters. The van der Waals surface area contributed by atoms with E-state index in [0.29, 0.717) is 16.6 Å². The lowest BCUT2D eigenvalue weighted by Gasteiger charge is -2.36. The molecule has 162 valence electrons. The first-order chi connectivity index (χ1) is 15.4. The second-order valence-corrected chi connectivity index (χ2v) is 9.15. The van der Waals surface area contributed by atoms with Crippen LogP contribution in [0.25, 0.3) is 10.9 Å². The molecule has 1 unspecified atom stereocenters. The number of hydrogen-bond donors (Lipinski definition) is 2. The zero-order chi connectivity index (χ0) is 22.4. The predicted molar refractivity (Wildman–Crippen MR) is 132 cm³/mol. The number of amides is 2. The van der Waals surface area contributed by atoms with E-state index in [1.807, 2.05) is 48.2 Å². The van der Waals surface area contributed by atoms with E-state index in [1.54, 1.807) is 0 Å². The highest BCUT2D eigenvalue weighted by Crippen LogP contribution is 2.39. The number of fused-ring (bicyclic) bond motifs is 3. The lowest BCUT2D eigenvalue weighted by atomic mass is 9.92. The fourth-order valence-electron chi connectivity index (χ4n) is 4.50. The molecule has 4 nitrogen and oxygen atoms in total. The fourth-order valence-corrected chi connectivity index (χ4v) is 4.85. The SMILES string of the molecule is Cc1ccc(C2c3[nH]c4ccc(Cl)cc4c3CCN2C(=O)Nc2cccc(Cl)c2C)cc1. The van der Waals surface area contributed by atoms with Gasteiger partial charge in [-0.3, -0.25) is 0 Å². The topological polar surface area (TPSA) is 48.1 Å². The first kappa shape index (κ1) is 20.9. The van der Waals surface area contributed by atoms with Gasteiger partial charge in [-0.2, -0.15) is 0 Å². The van der Waals surface area contributed by atoms with E-state index in [4.69, 9.17) is 23.2 Å². The second kappa shape index (κ2) is 8.19. The van der Waals surface area contributed by atoms with Crippen LogP contribution >= 0.6 is 23.2 Å². The summed E-state index contributed by atoms with van der Waals surface area (Å²) in [5.41, 5.74) is 7.11. The summed E-state index contributed by atoms with van der Waals surface area (Å²) in [5.74, 6) is 0. The van der Waals surface area contributed by atoms with Gasteiger partial charge in [-0.25, -0.2) is 4.79 Å². The molecule has 1 aromatic heterocycles. The molecule has 3 aromatic carbocycles.